The van der Waals surface area contributed by atoms with Gasteiger partial charge in [0.05, 0.1) is 5.52 Å². The second-order valence-electron chi connectivity index (χ2n) is 5.37. The Balaban J connectivity index is 1.96. The van der Waals surface area contributed by atoms with Crippen molar-refractivity contribution >= 4 is 42.7 Å². The van der Waals surface area contributed by atoms with Crippen LogP contribution in [0.1, 0.15) is 0 Å². The number of hydrogen-bond acceptors (Lipinski definition) is 4. The lowest BCUT2D eigenvalue weighted by Gasteiger charge is -2.07. The van der Waals surface area contributed by atoms with Crippen LogP contribution in [0.4, 0.5) is 0 Å². The van der Waals surface area contributed by atoms with Gasteiger partial charge < -0.3 is 0 Å². The van der Waals surface area contributed by atoms with E-state index in [2.05, 4.69) is 57.4 Å². The molecule has 5 rings (SSSR count). The van der Waals surface area contributed by atoms with Crippen molar-refractivity contribution in [1.29, 1.82) is 0 Å². The fourth-order valence-electron chi connectivity index (χ4n) is 3.08. The molecule has 0 amide bonds. The van der Waals surface area contributed by atoms with Gasteiger partial charge in [-0.15, -0.1) is 11.3 Å². The first-order valence-corrected chi connectivity index (χ1v) is 8.20. The highest BCUT2D eigenvalue weighted by Gasteiger charge is 2.14. The first-order valence-electron chi connectivity index (χ1n) is 7.38. The van der Waals surface area contributed by atoms with Gasteiger partial charge in [0, 0.05) is 39.6 Å². The maximum Gasteiger partial charge on any atom is 0.143 e. The Morgan fingerprint density at radius 1 is 0.652 bits per heavy atom. The summed E-state index contributed by atoms with van der Waals surface area (Å²) in [7, 11) is 0. The monoisotopic (exact) mass is 313 g/mol. The highest BCUT2D eigenvalue weighted by atomic mass is 32.1. The predicted molar refractivity (Wildman–Crippen MR) is 95.7 cm³/mol. The molecule has 2 aromatic carbocycles. The summed E-state index contributed by atoms with van der Waals surface area (Å²) in [5.74, 6) is 0. The van der Waals surface area contributed by atoms with Crippen LogP contribution in [-0.2, 0) is 0 Å². The number of thiophene rings is 1. The Morgan fingerprint density at radius 2 is 1.43 bits per heavy atom. The molecule has 0 fully saturated rings. The van der Waals surface area contributed by atoms with Crippen LogP contribution in [0, 0.1) is 0 Å². The zero-order chi connectivity index (χ0) is 15.2. The number of aromatic nitrogens is 3. The Kier molecular flexibility index (Phi) is 2.66. The predicted octanol–water partition coefficient (Wildman–Crippen LogP) is 5.06. The average Bonchev–Trinajstić information content (AvgIpc) is 3.00. The highest BCUT2D eigenvalue weighted by Crippen LogP contribution is 2.39. The van der Waals surface area contributed by atoms with Crippen molar-refractivity contribution in [3.05, 3.63) is 67.1 Å². The smallest absolute Gasteiger partial charge is 0.143 e. The maximum atomic E-state index is 4.60. The van der Waals surface area contributed by atoms with Crippen LogP contribution in [0.25, 0.3) is 42.5 Å². The minimum absolute atomic E-state index is 0.969. The summed E-state index contributed by atoms with van der Waals surface area (Å²) in [6, 6.07) is 16.7. The third-order valence-corrected chi connectivity index (χ3v) is 5.11. The normalized spacial score (nSPS) is 11.5. The Bertz CT molecular complexity index is 1170. The number of nitrogens with zero attached hydrogens (tertiary/aromatic N) is 3. The molecule has 0 saturated carbocycles. The van der Waals surface area contributed by atoms with E-state index in [4.69, 9.17) is 0 Å². The topological polar surface area (TPSA) is 38.7 Å². The van der Waals surface area contributed by atoms with E-state index in [-0.39, 0.29) is 0 Å². The molecular formula is C19H11N3S. The van der Waals surface area contributed by atoms with Crippen molar-refractivity contribution in [2.45, 2.75) is 0 Å². The second-order valence-corrected chi connectivity index (χ2v) is 6.40. The molecule has 0 aliphatic rings. The number of para-hydroxylation sites is 1. The van der Waals surface area contributed by atoms with E-state index < -0.39 is 0 Å². The van der Waals surface area contributed by atoms with Crippen molar-refractivity contribution < 1.29 is 0 Å². The van der Waals surface area contributed by atoms with Gasteiger partial charge in [0.15, 0.2) is 0 Å². The largest absolute Gasteiger partial charge is 0.256 e. The lowest BCUT2D eigenvalue weighted by atomic mass is 9.98. The van der Waals surface area contributed by atoms with Gasteiger partial charge in [0.1, 0.15) is 10.3 Å². The fraction of sp³-hybridized carbons (Fsp3) is 0. The summed E-state index contributed by atoms with van der Waals surface area (Å²) in [6.07, 6.45) is 5.35. The second kappa shape index (κ2) is 4.83. The van der Waals surface area contributed by atoms with E-state index >= 15 is 0 Å². The molecule has 0 unspecified atom stereocenters. The summed E-state index contributed by atoms with van der Waals surface area (Å²) in [5, 5.41) is 2.31. The van der Waals surface area contributed by atoms with Crippen molar-refractivity contribution in [3.8, 4) is 11.1 Å². The minimum Gasteiger partial charge on any atom is -0.256 e. The molecular weight excluding hydrogens is 302 g/mol. The van der Waals surface area contributed by atoms with Crippen molar-refractivity contribution in [2.75, 3.05) is 0 Å². The van der Waals surface area contributed by atoms with E-state index in [9.17, 15) is 0 Å². The molecule has 3 nitrogen and oxygen atoms in total. The quantitative estimate of drug-likeness (QED) is 0.434. The Morgan fingerprint density at radius 3 is 2.43 bits per heavy atom. The van der Waals surface area contributed by atoms with Gasteiger partial charge in [-0.1, -0.05) is 36.4 Å². The summed E-state index contributed by atoms with van der Waals surface area (Å²) < 4.78 is 1.21. The maximum absolute atomic E-state index is 4.60. The zero-order valence-electron chi connectivity index (χ0n) is 12.1. The van der Waals surface area contributed by atoms with Gasteiger partial charge in [-0.2, -0.15) is 0 Å². The molecule has 0 saturated heterocycles. The summed E-state index contributed by atoms with van der Waals surface area (Å²) in [6.45, 7) is 0. The zero-order valence-corrected chi connectivity index (χ0v) is 12.9. The molecule has 0 aliphatic carbocycles. The van der Waals surface area contributed by atoms with Gasteiger partial charge in [-0.25, -0.2) is 4.98 Å². The van der Waals surface area contributed by atoms with E-state index in [1.54, 1.807) is 23.7 Å². The molecule has 0 aliphatic heterocycles. The number of pyridine rings is 1. The lowest BCUT2D eigenvalue weighted by molar-refractivity contribution is 1.32. The first-order chi connectivity index (χ1) is 11.4. The van der Waals surface area contributed by atoms with E-state index in [1.807, 2.05) is 12.3 Å². The first kappa shape index (κ1) is 12.7. The van der Waals surface area contributed by atoms with Crippen LogP contribution in [0.15, 0.2) is 67.1 Å². The van der Waals surface area contributed by atoms with Crippen LogP contribution < -0.4 is 0 Å². The molecule has 0 spiro atoms. The van der Waals surface area contributed by atoms with Crippen LogP contribution in [0.2, 0.25) is 0 Å². The molecule has 5 aromatic rings. The molecule has 0 N–H and O–H groups in total. The van der Waals surface area contributed by atoms with E-state index in [0.29, 0.717) is 0 Å². The average molecular weight is 313 g/mol. The lowest BCUT2D eigenvalue weighted by Crippen LogP contribution is -1.86. The van der Waals surface area contributed by atoms with E-state index in [0.717, 1.165) is 26.8 Å². The van der Waals surface area contributed by atoms with Crippen LogP contribution >= 0.6 is 11.3 Å². The van der Waals surface area contributed by atoms with Crippen LogP contribution in [0.5, 0.6) is 0 Å². The fourth-order valence-corrected chi connectivity index (χ4v) is 4.11. The van der Waals surface area contributed by atoms with Gasteiger partial charge >= 0.3 is 0 Å². The van der Waals surface area contributed by atoms with E-state index in [1.165, 1.54) is 15.6 Å². The van der Waals surface area contributed by atoms with Gasteiger partial charge in [-0.3, -0.25) is 9.97 Å². The highest BCUT2D eigenvalue weighted by molar-refractivity contribution is 7.25. The van der Waals surface area contributed by atoms with Crippen LogP contribution in [-0.4, -0.2) is 15.0 Å². The number of benzene rings is 2. The number of rotatable bonds is 1. The summed E-state index contributed by atoms with van der Waals surface area (Å²) >= 11 is 1.68. The molecule has 3 aromatic heterocycles. The Hall–Kier alpha value is -2.85. The third-order valence-electron chi connectivity index (χ3n) is 4.06. The SMILES string of the molecule is c1cnc2c(-c3cccc4sc5nccnc5c34)cccc2c1. The third kappa shape index (κ3) is 1.85. The standard InChI is InChI=1S/C19H11N3S/c1-4-12-5-3-9-20-17(12)14(7-1)13-6-2-8-15-16(13)18-19(23-15)22-11-10-21-18/h1-11H. The van der Waals surface area contributed by atoms with Crippen molar-refractivity contribution in [3.63, 3.8) is 0 Å². The molecule has 4 heteroatoms. The van der Waals surface area contributed by atoms with Crippen LogP contribution in [0.3, 0.4) is 0 Å². The minimum atomic E-state index is 0.969. The summed E-state index contributed by atoms with van der Waals surface area (Å²) in [5.41, 5.74) is 4.29. The van der Waals surface area contributed by atoms with Gasteiger partial charge in [0.2, 0.25) is 0 Å². The van der Waals surface area contributed by atoms with Gasteiger partial charge in [-0.05, 0) is 17.7 Å². The van der Waals surface area contributed by atoms with Crippen molar-refractivity contribution in [2.24, 2.45) is 0 Å². The Labute approximate surface area is 136 Å². The number of hydrogen-bond donors (Lipinski definition) is 0. The summed E-state index contributed by atoms with van der Waals surface area (Å²) in [4.78, 5) is 14.6. The molecule has 108 valence electrons. The molecule has 3 heterocycles. The van der Waals surface area contributed by atoms with Crippen molar-refractivity contribution in [1.82, 2.24) is 15.0 Å². The number of fused-ring (bicyclic) bond motifs is 4. The molecule has 0 atom stereocenters. The molecule has 23 heavy (non-hydrogen) atoms. The van der Waals surface area contributed by atoms with Gasteiger partial charge in [0.25, 0.3) is 0 Å². The molecule has 0 radical (unpaired) electrons. The molecule has 0 bridgehead atoms.